The highest BCUT2D eigenvalue weighted by atomic mass is 79.9. The van der Waals surface area contributed by atoms with E-state index in [1.807, 2.05) is 25.1 Å². The molecule has 0 atom stereocenters. The summed E-state index contributed by atoms with van der Waals surface area (Å²) in [5.41, 5.74) is 7.87. The van der Waals surface area contributed by atoms with E-state index in [0.29, 0.717) is 11.6 Å². The van der Waals surface area contributed by atoms with E-state index in [2.05, 4.69) is 52.0 Å². The van der Waals surface area contributed by atoms with Crippen LogP contribution in [0.2, 0.25) is 0 Å². The Kier molecular flexibility index (Phi) is 3.99. The number of benzene rings is 1. The molecule has 0 radical (unpaired) electrons. The number of anilines is 3. The monoisotopic (exact) mass is 334 g/mol. The summed E-state index contributed by atoms with van der Waals surface area (Å²) in [7, 11) is 0. The second-order valence-corrected chi connectivity index (χ2v) is 6.69. The first-order chi connectivity index (χ1) is 9.25. The summed E-state index contributed by atoms with van der Waals surface area (Å²) in [6, 6.07) is 7.81. The first kappa shape index (κ1) is 14.8. The average molecular weight is 335 g/mol. The summed E-state index contributed by atoms with van der Waals surface area (Å²) in [5.74, 6) is 1.91. The van der Waals surface area contributed by atoms with Gasteiger partial charge in [-0.25, -0.2) is 9.97 Å². The van der Waals surface area contributed by atoms with Gasteiger partial charge in [0.05, 0.1) is 0 Å². The van der Waals surface area contributed by atoms with Crippen molar-refractivity contribution < 1.29 is 0 Å². The standard InChI is InChI=1S/C15H19BrN4/c1-9-5-6-10(7-11(9)16)18-13-8-12(17)19-14(20-13)15(2,3)4/h5-8H,1-4H3,(H3,17,18,19,20). The first-order valence-electron chi connectivity index (χ1n) is 6.44. The van der Waals surface area contributed by atoms with E-state index in [9.17, 15) is 0 Å². The second-order valence-electron chi connectivity index (χ2n) is 5.84. The summed E-state index contributed by atoms with van der Waals surface area (Å²) < 4.78 is 1.06. The maximum atomic E-state index is 5.86. The van der Waals surface area contributed by atoms with Gasteiger partial charge in [0.15, 0.2) is 0 Å². The fourth-order valence-corrected chi connectivity index (χ4v) is 2.06. The van der Waals surface area contributed by atoms with Crippen LogP contribution in [-0.2, 0) is 5.41 Å². The number of aromatic nitrogens is 2. The minimum absolute atomic E-state index is 0.139. The van der Waals surface area contributed by atoms with Gasteiger partial charge in [-0.2, -0.15) is 0 Å². The number of nitrogens with one attached hydrogen (secondary N) is 1. The third-order valence-corrected chi connectivity index (χ3v) is 3.72. The molecule has 3 N–H and O–H groups in total. The van der Waals surface area contributed by atoms with Gasteiger partial charge in [-0.1, -0.05) is 42.8 Å². The minimum atomic E-state index is -0.139. The number of halogens is 1. The maximum Gasteiger partial charge on any atom is 0.138 e. The molecule has 0 bridgehead atoms. The highest BCUT2D eigenvalue weighted by Gasteiger charge is 2.18. The van der Waals surface area contributed by atoms with Crippen LogP contribution >= 0.6 is 15.9 Å². The molecule has 0 saturated carbocycles. The molecule has 0 aliphatic rings. The van der Waals surface area contributed by atoms with Gasteiger partial charge < -0.3 is 11.1 Å². The van der Waals surface area contributed by atoms with Gasteiger partial charge in [0.25, 0.3) is 0 Å². The molecule has 2 aromatic rings. The molecule has 0 unspecified atom stereocenters. The molecule has 1 aromatic carbocycles. The third kappa shape index (κ3) is 3.48. The van der Waals surface area contributed by atoms with Gasteiger partial charge in [-0.05, 0) is 24.6 Å². The fraction of sp³-hybridized carbons (Fsp3) is 0.333. The highest BCUT2D eigenvalue weighted by molar-refractivity contribution is 9.10. The van der Waals surface area contributed by atoms with Crippen molar-refractivity contribution in [2.45, 2.75) is 33.1 Å². The molecule has 0 amide bonds. The van der Waals surface area contributed by atoms with Crippen molar-refractivity contribution in [1.82, 2.24) is 9.97 Å². The Bertz CT molecular complexity index is 632. The smallest absolute Gasteiger partial charge is 0.138 e. The molecule has 0 aliphatic carbocycles. The van der Waals surface area contributed by atoms with Gasteiger partial charge >= 0.3 is 0 Å². The lowest BCUT2D eigenvalue weighted by atomic mass is 9.96. The van der Waals surface area contributed by atoms with Gasteiger partial charge in [0, 0.05) is 21.6 Å². The summed E-state index contributed by atoms with van der Waals surface area (Å²) in [6.45, 7) is 8.24. The van der Waals surface area contributed by atoms with E-state index in [1.165, 1.54) is 5.56 Å². The zero-order valence-electron chi connectivity index (χ0n) is 12.2. The maximum absolute atomic E-state index is 5.86. The van der Waals surface area contributed by atoms with Crippen LogP contribution in [0.25, 0.3) is 0 Å². The van der Waals surface area contributed by atoms with Crippen LogP contribution in [0, 0.1) is 6.92 Å². The van der Waals surface area contributed by atoms with Crippen molar-refractivity contribution in [3.05, 3.63) is 40.1 Å². The molecule has 0 saturated heterocycles. The third-order valence-electron chi connectivity index (χ3n) is 2.86. The topological polar surface area (TPSA) is 63.8 Å². The number of hydrogen-bond donors (Lipinski definition) is 2. The Morgan fingerprint density at radius 1 is 1.15 bits per heavy atom. The molecule has 1 aromatic heterocycles. The van der Waals surface area contributed by atoms with Crippen LogP contribution in [-0.4, -0.2) is 9.97 Å². The largest absolute Gasteiger partial charge is 0.384 e. The molecule has 2 rings (SSSR count). The number of rotatable bonds is 2. The molecule has 0 spiro atoms. The highest BCUT2D eigenvalue weighted by Crippen LogP contribution is 2.25. The summed E-state index contributed by atoms with van der Waals surface area (Å²) >= 11 is 3.52. The average Bonchev–Trinajstić information content (AvgIpc) is 2.32. The van der Waals surface area contributed by atoms with Crippen molar-refractivity contribution in [2.24, 2.45) is 0 Å². The van der Waals surface area contributed by atoms with Crippen molar-refractivity contribution in [1.29, 1.82) is 0 Å². The number of aryl methyl sites for hydroxylation is 1. The Morgan fingerprint density at radius 2 is 1.85 bits per heavy atom. The van der Waals surface area contributed by atoms with E-state index in [-0.39, 0.29) is 5.41 Å². The summed E-state index contributed by atoms with van der Waals surface area (Å²) in [4.78, 5) is 8.83. The SMILES string of the molecule is Cc1ccc(Nc2cc(N)nc(C(C)(C)C)n2)cc1Br. The fourth-order valence-electron chi connectivity index (χ4n) is 1.68. The van der Waals surface area contributed by atoms with E-state index in [1.54, 1.807) is 6.07 Å². The number of nitrogens with zero attached hydrogens (tertiary/aromatic N) is 2. The predicted octanol–water partition coefficient (Wildman–Crippen LogP) is 4.17. The zero-order valence-corrected chi connectivity index (χ0v) is 13.7. The van der Waals surface area contributed by atoms with Gasteiger partial charge in [-0.3, -0.25) is 0 Å². The Balaban J connectivity index is 2.33. The second kappa shape index (κ2) is 5.40. The molecular formula is C15H19BrN4. The zero-order chi connectivity index (χ0) is 14.9. The van der Waals surface area contributed by atoms with Crippen LogP contribution in [0.1, 0.15) is 32.2 Å². The number of nitrogens with two attached hydrogens (primary N) is 1. The molecular weight excluding hydrogens is 316 g/mol. The van der Waals surface area contributed by atoms with Crippen LogP contribution < -0.4 is 11.1 Å². The van der Waals surface area contributed by atoms with Crippen molar-refractivity contribution in [3.63, 3.8) is 0 Å². The van der Waals surface area contributed by atoms with E-state index in [4.69, 9.17) is 5.73 Å². The minimum Gasteiger partial charge on any atom is -0.384 e. The Morgan fingerprint density at radius 3 is 2.45 bits per heavy atom. The molecule has 106 valence electrons. The van der Waals surface area contributed by atoms with E-state index in [0.717, 1.165) is 16.0 Å². The van der Waals surface area contributed by atoms with Crippen LogP contribution in [0.5, 0.6) is 0 Å². The molecule has 0 fully saturated rings. The number of hydrogen-bond acceptors (Lipinski definition) is 4. The van der Waals surface area contributed by atoms with Crippen LogP contribution in [0.4, 0.5) is 17.3 Å². The lowest BCUT2D eigenvalue weighted by Gasteiger charge is -2.18. The van der Waals surface area contributed by atoms with Crippen molar-refractivity contribution >= 4 is 33.3 Å². The van der Waals surface area contributed by atoms with Gasteiger partial charge in [-0.15, -0.1) is 0 Å². The van der Waals surface area contributed by atoms with Crippen molar-refractivity contribution in [2.75, 3.05) is 11.1 Å². The normalized spacial score (nSPS) is 11.4. The van der Waals surface area contributed by atoms with Crippen LogP contribution in [0.15, 0.2) is 28.7 Å². The quantitative estimate of drug-likeness (QED) is 0.864. The van der Waals surface area contributed by atoms with Gasteiger partial charge in [0.2, 0.25) is 0 Å². The Labute approximate surface area is 128 Å². The molecule has 4 nitrogen and oxygen atoms in total. The Hall–Kier alpha value is -1.62. The van der Waals surface area contributed by atoms with E-state index >= 15 is 0 Å². The summed E-state index contributed by atoms with van der Waals surface area (Å²) in [5, 5.41) is 3.26. The summed E-state index contributed by atoms with van der Waals surface area (Å²) in [6.07, 6.45) is 0. The predicted molar refractivity (Wildman–Crippen MR) is 87.3 cm³/mol. The number of nitrogen functional groups attached to an aromatic ring is 1. The first-order valence-corrected chi connectivity index (χ1v) is 7.23. The van der Waals surface area contributed by atoms with E-state index < -0.39 is 0 Å². The molecule has 5 heteroatoms. The van der Waals surface area contributed by atoms with Crippen LogP contribution in [0.3, 0.4) is 0 Å². The van der Waals surface area contributed by atoms with Gasteiger partial charge in [0.1, 0.15) is 17.5 Å². The molecule has 20 heavy (non-hydrogen) atoms. The molecule has 0 aliphatic heterocycles. The molecule has 1 heterocycles. The lowest BCUT2D eigenvalue weighted by molar-refractivity contribution is 0.547. The lowest BCUT2D eigenvalue weighted by Crippen LogP contribution is -2.17. The van der Waals surface area contributed by atoms with Crippen molar-refractivity contribution in [3.8, 4) is 0 Å².